The summed E-state index contributed by atoms with van der Waals surface area (Å²) in [6.07, 6.45) is 1.52. The Kier molecular flexibility index (Phi) is 5.56. The van der Waals surface area contributed by atoms with E-state index < -0.39 is 17.9 Å². The van der Waals surface area contributed by atoms with Crippen molar-refractivity contribution < 1.29 is 24.2 Å². The topological polar surface area (TPSA) is 102 Å². The molecule has 0 saturated heterocycles. The van der Waals surface area contributed by atoms with Crippen LogP contribution in [0.4, 0.5) is 5.13 Å². The highest BCUT2D eigenvalue weighted by Crippen LogP contribution is 2.50. The molecule has 2 aromatic rings. The number of phenols is 1. The average molecular weight is 490 g/mol. The number of hydrogen-bond acceptors (Lipinski definition) is 8. The molecule has 5 rings (SSSR count). The monoisotopic (exact) mass is 489 g/mol. The van der Waals surface area contributed by atoms with Gasteiger partial charge < -0.3 is 14.6 Å². The molecule has 33 heavy (non-hydrogen) atoms. The summed E-state index contributed by atoms with van der Waals surface area (Å²) >= 11 is 7.69. The van der Waals surface area contributed by atoms with Gasteiger partial charge in [-0.05, 0) is 37.0 Å². The standard InChI is InChI=1S/C23H24ClN3O5S/c1-10(2)21-25-26-23(33-21)27-18(11-4-6-14(28)16(8-11)31-3)17-19(29)13-9-12(24)5-7-15(13)32-20(17)22(27)30/h4,6,8,10,12-13,15,18,28H,5,7,9H2,1-3H3. The van der Waals surface area contributed by atoms with Crippen LogP contribution < -0.4 is 9.64 Å². The molecule has 3 aliphatic rings. The van der Waals surface area contributed by atoms with Gasteiger partial charge in [0.2, 0.25) is 5.13 Å². The molecule has 1 amide bonds. The van der Waals surface area contributed by atoms with Crippen molar-refractivity contribution in [1.82, 2.24) is 10.2 Å². The molecule has 1 saturated carbocycles. The largest absolute Gasteiger partial charge is 0.504 e. The Balaban J connectivity index is 1.65. The van der Waals surface area contributed by atoms with Crippen molar-refractivity contribution in [1.29, 1.82) is 0 Å². The third kappa shape index (κ3) is 3.58. The number of Topliss-reactive ketones (excluding diaryl/α,β-unsaturated/α-hetero) is 1. The minimum atomic E-state index is -0.765. The molecule has 0 radical (unpaired) electrons. The fraction of sp³-hybridized carbons (Fsp3) is 0.478. The Morgan fingerprint density at radius 2 is 2.06 bits per heavy atom. The molecule has 1 fully saturated rings. The van der Waals surface area contributed by atoms with Gasteiger partial charge in [0.1, 0.15) is 11.1 Å². The number of nitrogens with zero attached hydrogens (tertiary/aromatic N) is 3. The molecule has 8 nitrogen and oxygen atoms in total. The fourth-order valence-electron chi connectivity index (χ4n) is 4.75. The second kappa shape index (κ2) is 8.29. The Bertz CT molecular complexity index is 1160. The predicted octanol–water partition coefficient (Wildman–Crippen LogP) is 4.09. The van der Waals surface area contributed by atoms with Gasteiger partial charge in [0.15, 0.2) is 23.0 Å². The van der Waals surface area contributed by atoms with E-state index in [0.717, 1.165) is 11.4 Å². The van der Waals surface area contributed by atoms with Gasteiger partial charge in [0, 0.05) is 11.3 Å². The van der Waals surface area contributed by atoms with Crippen LogP contribution >= 0.6 is 22.9 Å². The number of carbonyl (C=O) groups excluding carboxylic acids is 2. The van der Waals surface area contributed by atoms with Crippen LogP contribution in [-0.2, 0) is 14.3 Å². The van der Waals surface area contributed by atoms with E-state index in [-0.39, 0.29) is 40.4 Å². The Morgan fingerprint density at radius 3 is 2.76 bits per heavy atom. The second-order valence-corrected chi connectivity index (χ2v) is 10.5. The molecule has 1 aliphatic carbocycles. The average Bonchev–Trinajstić information content (AvgIpc) is 3.38. The minimum absolute atomic E-state index is 0.0344. The summed E-state index contributed by atoms with van der Waals surface area (Å²) in [5.41, 5.74) is 0.916. The molecule has 3 heterocycles. The number of rotatable bonds is 4. The molecule has 4 atom stereocenters. The second-order valence-electron chi connectivity index (χ2n) is 8.87. The first kappa shape index (κ1) is 22.2. The number of halogens is 1. The number of ether oxygens (including phenoxy) is 2. The van der Waals surface area contributed by atoms with Crippen LogP contribution in [0.1, 0.15) is 55.6 Å². The quantitative estimate of drug-likeness (QED) is 0.645. The number of anilines is 1. The molecule has 0 bridgehead atoms. The highest BCUT2D eigenvalue weighted by atomic mass is 35.5. The number of methoxy groups -OCH3 is 1. The lowest BCUT2D eigenvalue weighted by atomic mass is 9.77. The number of fused-ring (bicyclic) bond motifs is 1. The summed E-state index contributed by atoms with van der Waals surface area (Å²) in [7, 11) is 1.45. The molecule has 1 aromatic carbocycles. The van der Waals surface area contributed by atoms with Gasteiger partial charge in [-0.2, -0.15) is 0 Å². The van der Waals surface area contributed by atoms with Crippen molar-refractivity contribution in [3.8, 4) is 11.5 Å². The fourth-order valence-corrected chi connectivity index (χ4v) is 5.94. The third-order valence-corrected chi connectivity index (χ3v) is 8.05. The van der Waals surface area contributed by atoms with Gasteiger partial charge in [-0.15, -0.1) is 21.8 Å². The summed E-state index contributed by atoms with van der Waals surface area (Å²) in [5, 5.41) is 19.7. The van der Waals surface area contributed by atoms with E-state index in [1.807, 2.05) is 13.8 Å². The number of benzene rings is 1. The lowest BCUT2D eigenvalue weighted by Gasteiger charge is -2.37. The van der Waals surface area contributed by atoms with E-state index in [1.165, 1.54) is 29.4 Å². The van der Waals surface area contributed by atoms with E-state index in [4.69, 9.17) is 21.1 Å². The molecular formula is C23H24ClN3O5S. The molecule has 174 valence electrons. The van der Waals surface area contributed by atoms with Crippen LogP contribution in [0.3, 0.4) is 0 Å². The SMILES string of the molecule is COc1cc(C2C3=C(OC4CCC(Cl)CC4C3=O)C(=O)N2c2nnc(C(C)C)s2)ccc1O. The number of aromatic hydroxyl groups is 1. The summed E-state index contributed by atoms with van der Waals surface area (Å²) in [6.45, 7) is 4.00. The first-order valence-electron chi connectivity index (χ1n) is 10.9. The number of carbonyl (C=O) groups is 2. The van der Waals surface area contributed by atoms with Crippen molar-refractivity contribution in [2.45, 2.75) is 56.6 Å². The van der Waals surface area contributed by atoms with Crippen LogP contribution in [-0.4, -0.2) is 45.6 Å². The zero-order valence-electron chi connectivity index (χ0n) is 18.4. The van der Waals surface area contributed by atoms with Crippen LogP contribution in [0.2, 0.25) is 0 Å². The first-order valence-corrected chi connectivity index (χ1v) is 12.2. The van der Waals surface area contributed by atoms with Crippen molar-refractivity contribution in [3.63, 3.8) is 0 Å². The van der Waals surface area contributed by atoms with Crippen LogP contribution in [0, 0.1) is 5.92 Å². The van der Waals surface area contributed by atoms with Crippen molar-refractivity contribution in [3.05, 3.63) is 40.1 Å². The summed E-state index contributed by atoms with van der Waals surface area (Å²) < 4.78 is 11.5. The number of ketones is 1. The smallest absolute Gasteiger partial charge is 0.296 e. The summed E-state index contributed by atoms with van der Waals surface area (Å²) in [6, 6.07) is 4.03. The number of aromatic nitrogens is 2. The van der Waals surface area contributed by atoms with Gasteiger partial charge in [-0.1, -0.05) is 31.3 Å². The molecule has 1 aromatic heterocycles. The Labute approximate surface area is 200 Å². The van der Waals surface area contributed by atoms with Crippen LogP contribution in [0.25, 0.3) is 0 Å². The molecule has 0 spiro atoms. The number of alkyl halides is 1. The maximum atomic E-state index is 13.7. The molecule has 2 aliphatic heterocycles. The highest BCUT2D eigenvalue weighted by Gasteiger charge is 2.54. The van der Waals surface area contributed by atoms with Crippen molar-refractivity contribution in [2.24, 2.45) is 5.92 Å². The maximum Gasteiger partial charge on any atom is 0.296 e. The van der Waals surface area contributed by atoms with E-state index in [2.05, 4.69) is 10.2 Å². The number of phenolic OH excluding ortho intramolecular Hbond substituents is 1. The number of amides is 1. The van der Waals surface area contributed by atoms with Crippen LogP contribution in [0.15, 0.2) is 29.5 Å². The molecular weight excluding hydrogens is 466 g/mol. The van der Waals surface area contributed by atoms with Gasteiger partial charge >= 0.3 is 0 Å². The summed E-state index contributed by atoms with van der Waals surface area (Å²) in [4.78, 5) is 28.9. The van der Waals surface area contributed by atoms with E-state index in [0.29, 0.717) is 29.1 Å². The Morgan fingerprint density at radius 1 is 1.27 bits per heavy atom. The normalized spacial score (nSPS) is 27.0. The zero-order valence-corrected chi connectivity index (χ0v) is 20.0. The van der Waals surface area contributed by atoms with E-state index >= 15 is 0 Å². The Hall–Kier alpha value is -2.65. The lowest BCUT2D eigenvalue weighted by Crippen LogP contribution is -2.41. The lowest BCUT2D eigenvalue weighted by molar-refractivity contribution is -0.131. The first-order chi connectivity index (χ1) is 15.8. The van der Waals surface area contributed by atoms with E-state index in [9.17, 15) is 14.7 Å². The molecule has 4 unspecified atom stereocenters. The minimum Gasteiger partial charge on any atom is -0.504 e. The van der Waals surface area contributed by atoms with Crippen LogP contribution in [0.5, 0.6) is 11.5 Å². The zero-order chi connectivity index (χ0) is 23.4. The van der Waals surface area contributed by atoms with Crippen molar-refractivity contribution >= 4 is 39.8 Å². The molecule has 1 N–H and O–H groups in total. The number of hydrogen-bond donors (Lipinski definition) is 1. The summed E-state index contributed by atoms with van der Waals surface area (Å²) in [5.74, 6) is -0.489. The van der Waals surface area contributed by atoms with Gasteiger partial charge in [0.25, 0.3) is 5.91 Å². The molecule has 10 heteroatoms. The highest BCUT2D eigenvalue weighted by molar-refractivity contribution is 7.15. The maximum absolute atomic E-state index is 13.7. The predicted molar refractivity (Wildman–Crippen MR) is 123 cm³/mol. The van der Waals surface area contributed by atoms with Gasteiger partial charge in [-0.3, -0.25) is 14.5 Å². The van der Waals surface area contributed by atoms with Crippen molar-refractivity contribution in [2.75, 3.05) is 12.0 Å². The van der Waals surface area contributed by atoms with E-state index in [1.54, 1.807) is 12.1 Å². The van der Waals surface area contributed by atoms with Gasteiger partial charge in [-0.25, -0.2) is 0 Å². The third-order valence-electron chi connectivity index (χ3n) is 6.43. The van der Waals surface area contributed by atoms with Gasteiger partial charge in [0.05, 0.1) is 24.6 Å².